The third-order valence-corrected chi connectivity index (χ3v) is 4.90. The second-order valence-corrected chi connectivity index (χ2v) is 6.95. The molecule has 0 unspecified atom stereocenters. The third kappa shape index (κ3) is 4.50. The molecule has 138 valence electrons. The van der Waals surface area contributed by atoms with Gasteiger partial charge in [0, 0.05) is 51.0 Å². The molecule has 0 bridgehead atoms. The summed E-state index contributed by atoms with van der Waals surface area (Å²) in [7, 11) is 1.87. The predicted octanol–water partition coefficient (Wildman–Crippen LogP) is 0.325. The zero-order valence-corrected chi connectivity index (χ0v) is 14.7. The molecule has 0 aromatic carbocycles. The Morgan fingerprint density at radius 3 is 2.84 bits per heavy atom. The van der Waals surface area contributed by atoms with Gasteiger partial charge in [-0.15, -0.1) is 0 Å². The van der Waals surface area contributed by atoms with Crippen molar-refractivity contribution in [1.82, 2.24) is 24.7 Å². The van der Waals surface area contributed by atoms with Crippen LogP contribution in [0.15, 0.2) is 12.4 Å². The summed E-state index contributed by atoms with van der Waals surface area (Å²) in [6, 6.07) is -0.255. The van der Waals surface area contributed by atoms with Crippen LogP contribution in [-0.2, 0) is 18.4 Å². The topological polar surface area (TPSA) is 90.7 Å². The molecule has 2 N–H and O–H groups in total. The molecule has 2 aliphatic rings. The highest BCUT2D eigenvalue weighted by atomic mass is 16.3. The van der Waals surface area contributed by atoms with Crippen molar-refractivity contribution in [1.29, 1.82) is 0 Å². The molecular formula is C17H27N5O3. The number of aliphatic hydroxyl groups excluding tert-OH is 1. The van der Waals surface area contributed by atoms with Crippen molar-refractivity contribution in [2.24, 2.45) is 13.0 Å². The number of likely N-dealkylation sites (tertiary alicyclic amines) is 1. The van der Waals surface area contributed by atoms with Crippen LogP contribution >= 0.6 is 0 Å². The molecule has 1 aromatic heterocycles. The fourth-order valence-corrected chi connectivity index (χ4v) is 3.24. The minimum Gasteiger partial charge on any atom is -0.395 e. The van der Waals surface area contributed by atoms with E-state index in [1.54, 1.807) is 11.1 Å². The van der Waals surface area contributed by atoms with Crippen molar-refractivity contribution in [3.05, 3.63) is 18.2 Å². The summed E-state index contributed by atoms with van der Waals surface area (Å²) in [5, 5.41) is 12.3. The second kappa shape index (κ2) is 7.86. The van der Waals surface area contributed by atoms with Gasteiger partial charge in [0.2, 0.25) is 5.91 Å². The molecule has 1 saturated carbocycles. The van der Waals surface area contributed by atoms with Crippen molar-refractivity contribution in [3.63, 3.8) is 0 Å². The monoisotopic (exact) mass is 349 g/mol. The van der Waals surface area contributed by atoms with Crippen LogP contribution in [0.25, 0.3) is 0 Å². The van der Waals surface area contributed by atoms with E-state index in [1.807, 2.05) is 22.7 Å². The third-order valence-electron chi connectivity index (χ3n) is 4.90. The Morgan fingerprint density at radius 2 is 2.20 bits per heavy atom. The van der Waals surface area contributed by atoms with Crippen LogP contribution < -0.4 is 5.32 Å². The van der Waals surface area contributed by atoms with Gasteiger partial charge in [-0.25, -0.2) is 9.78 Å². The molecule has 1 saturated heterocycles. The first-order chi connectivity index (χ1) is 12.1. The highest BCUT2D eigenvalue weighted by Crippen LogP contribution is 2.31. The minimum absolute atomic E-state index is 0.0356. The molecular weight excluding hydrogens is 322 g/mol. The Morgan fingerprint density at radius 1 is 1.40 bits per heavy atom. The summed E-state index contributed by atoms with van der Waals surface area (Å²) in [6.07, 6.45) is 7.29. The summed E-state index contributed by atoms with van der Waals surface area (Å²) < 4.78 is 1.86. The van der Waals surface area contributed by atoms with Crippen LogP contribution in [0.3, 0.4) is 0 Å². The van der Waals surface area contributed by atoms with Gasteiger partial charge in [0.05, 0.1) is 13.2 Å². The van der Waals surface area contributed by atoms with E-state index in [2.05, 4.69) is 10.3 Å². The molecule has 3 rings (SSSR count). The number of hydrogen-bond acceptors (Lipinski definition) is 4. The Bertz CT molecular complexity index is 613. The summed E-state index contributed by atoms with van der Waals surface area (Å²) >= 11 is 0. The first-order valence-electron chi connectivity index (χ1n) is 8.99. The molecule has 8 nitrogen and oxygen atoms in total. The zero-order valence-electron chi connectivity index (χ0n) is 14.7. The lowest BCUT2D eigenvalue weighted by Crippen LogP contribution is -2.53. The molecule has 25 heavy (non-hydrogen) atoms. The van der Waals surface area contributed by atoms with E-state index in [0.717, 1.165) is 38.1 Å². The molecule has 2 fully saturated rings. The number of carbonyl (C=O) groups is 2. The molecule has 1 aromatic rings. The van der Waals surface area contributed by atoms with Crippen LogP contribution in [0.4, 0.5) is 4.79 Å². The van der Waals surface area contributed by atoms with Crippen molar-refractivity contribution < 1.29 is 14.7 Å². The molecule has 1 aliphatic carbocycles. The second-order valence-electron chi connectivity index (χ2n) is 6.95. The van der Waals surface area contributed by atoms with E-state index in [1.165, 1.54) is 0 Å². The molecule has 1 aliphatic heterocycles. The zero-order chi connectivity index (χ0) is 17.8. The number of aromatic nitrogens is 2. The number of amides is 3. The van der Waals surface area contributed by atoms with Crippen LogP contribution in [0.2, 0.25) is 0 Å². The van der Waals surface area contributed by atoms with E-state index < -0.39 is 0 Å². The van der Waals surface area contributed by atoms with E-state index in [0.29, 0.717) is 13.1 Å². The number of nitrogens with zero attached hydrogens (tertiary/aromatic N) is 4. The van der Waals surface area contributed by atoms with Crippen LogP contribution in [-0.4, -0.2) is 68.7 Å². The number of nitrogens with one attached hydrogen (secondary N) is 1. The summed E-state index contributed by atoms with van der Waals surface area (Å²) in [5.41, 5.74) is 0. The van der Waals surface area contributed by atoms with Gasteiger partial charge >= 0.3 is 6.03 Å². The number of imidazole rings is 1. The van der Waals surface area contributed by atoms with E-state index in [-0.39, 0.29) is 37.0 Å². The Hall–Kier alpha value is -2.09. The van der Waals surface area contributed by atoms with Gasteiger partial charge in [0.15, 0.2) is 0 Å². The van der Waals surface area contributed by atoms with Gasteiger partial charge in [0.25, 0.3) is 0 Å². The maximum atomic E-state index is 12.6. The van der Waals surface area contributed by atoms with E-state index in [9.17, 15) is 14.7 Å². The van der Waals surface area contributed by atoms with Gasteiger partial charge < -0.3 is 24.8 Å². The van der Waals surface area contributed by atoms with Gasteiger partial charge in [-0.1, -0.05) is 0 Å². The lowest BCUT2D eigenvalue weighted by Gasteiger charge is -2.34. The maximum absolute atomic E-state index is 12.6. The van der Waals surface area contributed by atoms with Gasteiger partial charge in [-0.05, 0) is 25.7 Å². The van der Waals surface area contributed by atoms with Crippen molar-refractivity contribution in [2.75, 3.05) is 26.2 Å². The van der Waals surface area contributed by atoms with Crippen LogP contribution in [0.1, 0.15) is 31.5 Å². The number of aryl methyl sites for hydroxylation is 1. The number of piperidine rings is 1. The van der Waals surface area contributed by atoms with Gasteiger partial charge in [0.1, 0.15) is 5.82 Å². The molecule has 0 spiro atoms. The molecule has 3 amide bonds. The highest BCUT2D eigenvalue weighted by molar-refractivity contribution is 5.81. The normalized spacial score (nSPS) is 20.4. The predicted molar refractivity (Wildman–Crippen MR) is 91.6 cm³/mol. The lowest BCUT2D eigenvalue weighted by atomic mass is 10.1. The number of urea groups is 1. The van der Waals surface area contributed by atoms with Crippen LogP contribution in [0, 0.1) is 5.92 Å². The smallest absolute Gasteiger partial charge is 0.318 e. The Kier molecular flexibility index (Phi) is 5.57. The minimum atomic E-state index is -0.220. The molecule has 1 atom stereocenters. The van der Waals surface area contributed by atoms with E-state index in [4.69, 9.17) is 0 Å². The van der Waals surface area contributed by atoms with Crippen molar-refractivity contribution in [2.45, 2.75) is 38.3 Å². The average Bonchev–Trinajstić information content (AvgIpc) is 3.38. The lowest BCUT2D eigenvalue weighted by molar-refractivity contribution is -0.133. The average molecular weight is 349 g/mol. The van der Waals surface area contributed by atoms with E-state index >= 15 is 0 Å². The summed E-state index contributed by atoms with van der Waals surface area (Å²) in [4.78, 5) is 32.5. The largest absolute Gasteiger partial charge is 0.395 e. The standard InChI is InChI=1S/C17H27N5O3/c1-20-8-6-18-15(20)12-22(9-10-23)17(25)19-14-3-2-7-21(11-14)16(24)13-4-5-13/h6,8,13-14,23H,2-5,7,9-12H2,1H3,(H,19,25)/t14-/m1/s1. The fourth-order valence-electron chi connectivity index (χ4n) is 3.24. The Balaban J connectivity index is 1.56. The summed E-state index contributed by atoms with van der Waals surface area (Å²) in [5.74, 6) is 1.21. The van der Waals surface area contributed by atoms with Crippen molar-refractivity contribution >= 4 is 11.9 Å². The Labute approximate surface area is 147 Å². The van der Waals surface area contributed by atoms with Gasteiger partial charge in [-0.3, -0.25) is 4.79 Å². The molecule has 8 heteroatoms. The number of aliphatic hydroxyl groups is 1. The molecule has 0 radical (unpaired) electrons. The first kappa shape index (κ1) is 17.7. The van der Waals surface area contributed by atoms with Crippen LogP contribution in [0.5, 0.6) is 0 Å². The number of rotatable bonds is 6. The maximum Gasteiger partial charge on any atom is 0.318 e. The quantitative estimate of drug-likeness (QED) is 0.774. The first-order valence-corrected chi connectivity index (χ1v) is 8.99. The SMILES string of the molecule is Cn1ccnc1CN(CCO)C(=O)N[C@@H]1CCCN(C(=O)C2CC2)C1. The van der Waals surface area contributed by atoms with Gasteiger partial charge in [-0.2, -0.15) is 0 Å². The van der Waals surface area contributed by atoms with Crippen molar-refractivity contribution in [3.8, 4) is 0 Å². The molecule has 2 heterocycles. The number of carbonyl (C=O) groups excluding carboxylic acids is 2. The fraction of sp³-hybridized carbons (Fsp3) is 0.706. The highest BCUT2D eigenvalue weighted by Gasteiger charge is 2.35. The summed E-state index contributed by atoms with van der Waals surface area (Å²) in [6.45, 7) is 1.85. The number of hydrogen-bond donors (Lipinski definition) is 2.